The zero-order valence-electron chi connectivity index (χ0n) is 21.4. The van der Waals surface area contributed by atoms with Crippen molar-refractivity contribution in [2.45, 2.75) is 62.6 Å². The Morgan fingerprint density at radius 2 is 1.95 bits per heavy atom. The van der Waals surface area contributed by atoms with Crippen LogP contribution in [0.1, 0.15) is 32.7 Å². The number of aromatic nitrogens is 3. The Kier molecular flexibility index (Phi) is 7.22. The highest BCUT2D eigenvalue weighted by Gasteiger charge is 2.61. The van der Waals surface area contributed by atoms with Crippen LogP contribution >= 0.6 is 0 Å². The maximum Gasteiger partial charge on any atom is 0.271 e. The highest BCUT2D eigenvalue weighted by atomic mass is 19.2. The lowest BCUT2D eigenvalue weighted by molar-refractivity contribution is -0.403. The van der Waals surface area contributed by atoms with Crippen LogP contribution in [0.3, 0.4) is 0 Å². The molecule has 1 aromatic heterocycles. The van der Waals surface area contributed by atoms with Crippen LogP contribution in [0.25, 0.3) is 11.3 Å². The van der Waals surface area contributed by atoms with Gasteiger partial charge in [-0.2, -0.15) is 0 Å². The Bertz CT molecular complexity index is 1170. The minimum atomic E-state index is -1.58. The van der Waals surface area contributed by atoms with Crippen LogP contribution in [-0.4, -0.2) is 89.8 Å². The van der Waals surface area contributed by atoms with Gasteiger partial charge in [-0.05, 0) is 32.4 Å². The summed E-state index contributed by atoms with van der Waals surface area (Å²) in [5.41, 5.74) is 0.0816. The first kappa shape index (κ1) is 27.0. The Labute approximate surface area is 216 Å². The quantitative estimate of drug-likeness (QED) is 0.402. The summed E-state index contributed by atoms with van der Waals surface area (Å²) in [4.78, 5) is 17.5. The first-order chi connectivity index (χ1) is 18.0. The van der Waals surface area contributed by atoms with Crippen LogP contribution < -0.4 is 0 Å². The number of hydroxylamine groups is 2. The van der Waals surface area contributed by atoms with Crippen molar-refractivity contribution in [3.05, 3.63) is 35.8 Å². The molecular formula is C24H29F3N4O7. The van der Waals surface area contributed by atoms with Gasteiger partial charge < -0.3 is 23.7 Å². The smallest absolute Gasteiger partial charge is 0.271 e. The lowest BCUT2D eigenvalue weighted by atomic mass is 9.87. The van der Waals surface area contributed by atoms with E-state index in [9.17, 15) is 18.0 Å². The summed E-state index contributed by atoms with van der Waals surface area (Å²) in [5.74, 6) is -6.96. The van der Waals surface area contributed by atoms with E-state index in [4.69, 9.17) is 28.5 Å². The van der Waals surface area contributed by atoms with Crippen LogP contribution in [0.15, 0.2) is 18.3 Å². The number of carbonyl (C=O) groups excluding carboxylic acids is 1. The maximum absolute atomic E-state index is 13.9. The van der Waals surface area contributed by atoms with Crippen LogP contribution in [-0.2, 0) is 33.3 Å². The van der Waals surface area contributed by atoms with Crippen molar-refractivity contribution in [2.75, 3.05) is 34.0 Å². The van der Waals surface area contributed by atoms with Crippen LogP contribution in [0.2, 0.25) is 0 Å². The van der Waals surface area contributed by atoms with E-state index in [1.54, 1.807) is 13.8 Å². The molecule has 5 atom stereocenters. The number of nitrogens with zero attached hydrogens (tertiary/aromatic N) is 4. The number of benzene rings is 1. The molecule has 1 spiro atoms. The fourth-order valence-electron chi connectivity index (χ4n) is 5.04. The Hall–Kier alpha value is -2.62. The second-order valence-corrected chi connectivity index (χ2v) is 9.85. The van der Waals surface area contributed by atoms with E-state index >= 15 is 0 Å². The molecule has 11 nitrogen and oxygen atoms in total. The van der Waals surface area contributed by atoms with Gasteiger partial charge in [0.1, 0.15) is 36.7 Å². The summed E-state index contributed by atoms with van der Waals surface area (Å²) < 4.78 is 73.5. The molecule has 3 aliphatic rings. The molecule has 0 radical (unpaired) electrons. The van der Waals surface area contributed by atoms with Crippen LogP contribution in [0.5, 0.6) is 0 Å². The summed E-state index contributed by atoms with van der Waals surface area (Å²) in [5, 5.41) is 9.32. The summed E-state index contributed by atoms with van der Waals surface area (Å²) in [7, 11) is 2.81. The topological polar surface area (TPSA) is 106 Å². The van der Waals surface area contributed by atoms with Crippen molar-refractivity contribution in [1.82, 2.24) is 20.1 Å². The number of amides is 1. The number of halogens is 3. The monoisotopic (exact) mass is 542 g/mol. The van der Waals surface area contributed by atoms with Gasteiger partial charge in [0.05, 0.1) is 26.5 Å². The minimum Gasteiger partial charge on any atom is -0.360 e. The van der Waals surface area contributed by atoms with Crippen LogP contribution in [0, 0.1) is 17.5 Å². The van der Waals surface area contributed by atoms with Gasteiger partial charge in [0.15, 0.2) is 29.0 Å². The lowest BCUT2D eigenvalue weighted by Crippen LogP contribution is -2.67. The number of fused-ring (bicyclic) bond motifs is 1. The standard InChI is InChI=1S/C24H29F3N4O7/c1-23(2)36-11-17-21(38-23)20(31-10-16(28-29-31)13-8-14(25)19(27)15(26)9-13)22(24(37-17)6-5-7-35-24)34-12-18(32)30(3)33-4/h8-10,17,20-22H,5-7,11-12H2,1-4H3/t17-,20+,21+,22-,24+/m1/s1. The van der Waals surface area contributed by atoms with Crippen molar-refractivity contribution in [3.63, 3.8) is 0 Å². The van der Waals surface area contributed by atoms with E-state index in [0.717, 1.165) is 17.2 Å². The van der Waals surface area contributed by atoms with E-state index in [1.807, 2.05) is 0 Å². The third-order valence-electron chi connectivity index (χ3n) is 6.94. The number of carbonyl (C=O) groups is 1. The highest BCUT2D eigenvalue weighted by Crippen LogP contribution is 2.48. The zero-order chi connectivity index (χ0) is 27.2. The molecule has 38 heavy (non-hydrogen) atoms. The number of ether oxygens (including phenoxy) is 5. The van der Waals surface area contributed by atoms with Gasteiger partial charge in [0, 0.05) is 19.0 Å². The SMILES string of the molecule is CON(C)C(=O)CO[C@@H]1[C@@H](n2cc(-c3cc(F)c(F)c(F)c3)nn2)[C@H]2OC(C)(C)OC[C@H]2O[C@@]12CCCO2. The highest BCUT2D eigenvalue weighted by molar-refractivity contribution is 5.76. The number of likely N-dealkylation sites (N-methyl/N-ethyl adjacent to an activating group) is 1. The predicted molar refractivity (Wildman–Crippen MR) is 122 cm³/mol. The van der Waals surface area contributed by atoms with E-state index in [0.29, 0.717) is 19.4 Å². The molecule has 3 aliphatic heterocycles. The number of hydrogen-bond acceptors (Lipinski definition) is 9. The van der Waals surface area contributed by atoms with Crippen molar-refractivity contribution >= 4 is 5.91 Å². The van der Waals surface area contributed by atoms with Crippen molar-refractivity contribution < 1.29 is 46.5 Å². The normalized spacial score (nSPS) is 30.4. The molecule has 208 valence electrons. The number of hydrogen-bond donors (Lipinski definition) is 0. The molecular weight excluding hydrogens is 513 g/mol. The summed E-state index contributed by atoms with van der Waals surface area (Å²) >= 11 is 0. The molecule has 2 aromatic rings. The van der Waals surface area contributed by atoms with Gasteiger partial charge in [-0.25, -0.2) is 22.9 Å². The van der Waals surface area contributed by atoms with Gasteiger partial charge in [0.2, 0.25) is 0 Å². The van der Waals surface area contributed by atoms with Crippen molar-refractivity contribution in [2.24, 2.45) is 0 Å². The summed E-state index contributed by atoms with van der Waals surface area (Å²) in [6.45, 7) is 3.72. The Morgan fingerprint density at radius 1 is 1.21 bits per heavy atom. The molecule has 0 unspecified atom stereocenters. The van der Waals surface area contributed by atoms with Gasteiger partial charge in [-0.15, -0.1) is 5.10 Å². The van der Waals surface area contributed by atoms with Crippen LogP contribution in [0.4, 0.5) is 13.2 Å². The molecule has 14 heteroatoms. The van der Waals surface area contributed by atoms with Crippen molar-refractivity contribution in [3.8, 4) is 11.3 Å². The van der Waals surface area contributed by atoms with E-state index in [-0.39, 0.29) is 24.5 Å². The molecule has 0 bridgehead atoms. The second kappa shape index (κ2) is 10.2. The minimum absolute atomic E-state index is 0.00863. The van der Waals surface area contributed by atoms with Gasteiger partial charge >= 0.3 is 0 Å². The van der Waals surface area contributed by atoms with Gasteiger partial charge in [-0.3, -0.25) is 9.63 Å². The largest absolute Gasteiger partial charge is 0.360 e. The molecule has 0 N–H and O–H groups in total. The molecule has 3 fully saturated rings. The Balaban J connectivity index is 1.55. The second-order valence-electron chi connectivity index (χ2n) is 9.85. The maximum atomic E-state index is 13.9. The molecule has 1 amide bonds. The first-order valence-corrected chi connectivity index (χ1v) is 12.2. The van der Waals surface area contributed by atoms with Crippen molar-refractivity contribution in [1.29, 1.82) is 0 Å². The Morgan fingerprint density at radius 3 is 2.61 bits per heavy atom. The predicted octanol–water partition coefficient (Wildman–Crippen LogP) is 2.37. The van der Waals surface area contributed by atoms with E-state index in [1.165, 1.54) is 25.0 Å². The molecule has 0 saturated carbocycles. The average Bonchev–Trinajstić information content (AvgIpc) is 3.55. The first-order valence-electron chi connectivity index (χ1n) is 12.2. The summed E-state index contributed by atoms with van der Waals surface area (Å²) in [6, 6.07) is 0.914. The molecule has 1 aromatic carbocycles. The van der Waals surface area contributed by atoms with Gasteiger partial charge in [-0.1, -0.05) is 5.21 Å². The third-order valence-corrected chi connectivity index (χ3v) is 6.94. The van der Waals surface area contributed by atoms with Gasteiger partial charge in [0.25, 0.3) is 5.91 Å². The average molecular weight is 543 g/mol. The summed E-state index contributed by atoms with van der Waals surface area (Å²) in [6.07, 6.45) is 0.408. The molecule has 0 aliphatic carbocycles. The molecule has 3 saturated heterocycles. The van der Waals surface area contributed by atoms with E-state index < -0.39 is 59.3 Å². The third kappa shape index (κ3) is 4.92. The number of rotatable bonds is 6. The van der Waals surface area contributed by atoms with E-state index in [2.05, 4.69) is 10.3 Å². The zero-order valence-corrected chi connectivity index (χ0v) is 21.4. The lowest BCUT2D eigenvalue weighted by Gasteiger charge is -2.54. The molecule has 4 heterocycles. The molecule has 5 rings (SSSR count). The fourth-order valence-corrected chi connectivity index (χ4v) is 5.04. The fraction of sp³-hybridized carbons (Fsp3) is 0.625.